The number of piperidine rings is 1. The van der Waals surface area contributed by atoms with Crippen molar-refractivity contribution in [1.29, 1.82) is 0 Å². The van der Waals surface area contributed by atoms with E-state index >= 15 is 0 Å². The third-order valence-corrected chi connectivity index (χ3v) is 5.51. The Morgan fingerprint density at radius 1 is 1.25 bits per heavy atom. The number of likely N-dealkylation sites (N-methyl/N-ethyl adjacent to an activating group) is 1. The van der Waals surface area contributed by atoms with Crippen LogP contribution in [-0.2, 0) is 0 Å². The predicted octanol–water partition coefficient (Wildman–Crippen LogP) is 2.39. The number of hydrogen-bond donors (Lipinski definition) is 1. The van der Waals surface area contributed by atoms with Crippen LogP contribution in [-0.4, -0.2) is 43.2 Å². The van der Waals surface area contributed by atoms with Crippen molar-refractivity contribution < 1.29 is 0 Å². The molecular formula is C17H27N3. The summed E-state index contributed by atoms with van der Waals surface area (Å²) >= 11 is 0. The molecular weight excluding hydrogens is 246 g/mol. The number of fused-ring (bicyclic) bond motifs is 1. The van der Waals surface area contributed by atoms with Crippen molar-refractivity contribution in [2.75, 3.05) is 31.6 Å². The molecule has 2 aliphatic heterocycles. The Morgan fingerprint density at radius 3 is 2.70 bits per heavy atom. The van der Waals surface area contributed by atoms with Crippen molar-refractivity contribution >= 4 is 5.69 Å². The summed E-state index contributed by atoms with van der Waals surface area (Å²) in [5.41, 5.74) is 9.01. The first-order valence-electron chi connectivity index (χ1n) is 7.92. The standard InChI is InChI=1S/C17H27N3/c1-14-6-8-15(9-7-14)19(2)17(13-18)10-12-20-11-4-3-5-16(17)20/h6-9,16H,3-5,10-13,18H2,1-2H3. The highest BCUT2D eigenvalue weighted by Gasteiger charge is 2.49. The quantitative estimate of drug-likeness (QED) is 0.918. The highest BCUT2D eigenvalue weighted by atomic mass is 15.3. The maximum atomic E-state index is 6.28. The Kier molecular flexibility index (Phi) is 3.74. The van der Waals surface area contributed by atoms with Gasteiger partial charge in [-0.1, -0.05) is 24.1 Å². The first-order valence-corrected chi connectivity index (χ1v) is 7.92. The summed E-state index contributed by atoms with van der Waals surface area (Å²) in [6, 6.07) is 9.50. The van der Waals surface area contributed by atoms with E-state index in [1.54, 1.807) is 0 Å². The highest BCUT2D eigenvalue weighted by Crippen LogP contribution is 2.40. The molecule has 2 atom stereocenters. The van der Waals surface area contributed by atoms with Crippen molar-refractivity contribution in [3.05, 3.63) is 29.8 Å². The van der Waals surface area contributed by atoms with E-state index in [2.05, 4.69) is 48.0 Å². The molecule has 0 spiro atoms. The van der Waals surface area contributed by atoms with Gasteiger partial charge in [0.25, 0.3) is 0 Å². The molecule has 1 aromatic rings. The van der Waals surface area contributed by atoms with Gasteiger partial charge in [-0.15, -0.1) is 0 Å². The molecule has 0 amide bonds. The first-order chi connectivity index (χ1) is 9.67. The molecule has 3 nitrogen and oxygen atoms in total. The van der Waals surface area contributed by atoms with Crippen LogP contribution in [0.2, 0.25) is 0 Å². The molecule has 3 heteroatoms. The number of hydrogen-bond acceptors (Lipinski definition) is 3. The van der Waals surface area contributed by atoms with Crippen molar-refractivity contribution in [1.82, 2.24) is 4.90 Å². The van der Waals surface area contributed by atoms with E-state index in [4.69, 9.17) is 5.73 Å². The molecule has 110 valence electrons. The van der Waals surface area contributed by atoms with Gasteiger partial charge < -0.3 is 10.6 Å². The zero-order valence-electron chi connectivity index (χ0n) is 12.8. The summed E-state index contributed by atoms with van der Waals surface area (Å²) in [4.78, 5) is 5.13. The fourth-order valence-corrected chi connectivity index (χ4v) is 4.16. The summed E-state index contributed by atoms with van der Waals surface area (Å²) in [5, 5.41) is 0. The largest absolute Gasteiger partial charge is 0.366 e. The lowest BCUT2D eigenvalue weighted by Gasteiger charge is -2.47. The zero-order chi connectivity index (χ0) is 14.2. The Hall–Kier alpha value is -1.06. The van der Waals surface area contributed by atoms with Crippen LogP contribution >= 0.6 is 0 Å². The third-order valence-electron chi connectivity index (χ3n) is 5.51. The molecule has 0 aromatic heterocycles. The van der Waals surface area contributed by atoms with Gasteiger partial charge in [0.2, 0.25) is 0 Å². The number of rotatable bonds is 3. The monoisotopic (exact) mass is 273 g/mol. The highest BCUT2D eigenvalue weighted by molar-refractivity contribution is 5.50. The van der Waals surface area contributed by atoms with Crippen LogP contribution in [0.1, 0.15) is 31.2 Å². The van der Waals surface area contributed by atoms with Gasteiger partial charge in [0.15, 0.2) is 0 Å². The molecule has 1 aromatic carbocycles. The van der Waals surface area contributed by atoms with Gasteiger partial charge in [0.05, 0.1) is 5.54 Å². The maximum absolute atomic E-state index is 6.28. The summed E-state index contributed by atoms with van der Waals surface area (Å²) < 4.78 is 0. The molecule has 3 rings (SSSR count). The number of aryl methyl sites for hydroxylation is 1. The minimum atomic E-state index is 0.121. The van der Waals surface area contributed by atoms with E-state index in [1.807, 2.05) is 0 Å². The van der Waals surface area contributed by atoms with E-state index in [0.29, 0.717) is 6.04 Å². The van der Waals surface area contributed by atoms with Crippen molar-refractivity contribution in [2.45, 2.75) is 44.2 Å². The van der Waals surface area contributed by atoms with E-state index < -0.39 is 0 Å². The van der Waals surface area contributed by atoms with Gasteiger partial charge in [-0.2, -0.15) is 0 Å². The fraction of sp³-hybridized carbons (Fsp3) is 0.647. The van der Waals surface area contributed by atoms with Crippen LogP contribution in [0.5, 0.6) is 0 Å². The SMILES string of the molecule is Cc1ccc(N(C)C2(CN)CCN3CCCCC32)cc1. The lowest BCUT2D eigenvalue weighted by molar-refractivity contribution is 0.157. The molecule has 2 aliphatic rings. The predicted molar refractivity (Wildman–Crippen MR) is 85.2 cm³/mol. The van der Waals surface area contributed by atoms with Gasteiger partial charge in [-0.25, -0.2) is 0 Å². The molecule has 2 fully saturated rings. The van der Waals surface area contributed by atoms with Crippen LogP contribution in [0.3, 0.4) is 0 Å². The molecule has 2 N–H and O–H groups in total. The fourth-order valence-electron chi connectivity index (χ4n) is 4.16. The Balaban J connectivity index is 1.90. The van der Waals surface area contributed by atoms with E-state index in [1.165, 1.54) is 50.0 Å². The topological polar surface area (TPSA) is 32.5 Å². The summed E-state index contributed by atoms with van der Waals surface area (Å²) in [7, 11) is 2.23. The van der Waals surface area contributed by atoms with Crippen LogP contribution in [0.15, 0.2) is 24.3 Å². The second-order valence-electron chi connectivity index (χ2n) is 6.50. The molecule has 2 saturated heterocycles. The number of nitrogens with zero attached hydrogens (tertiary/aromatic N) is 2. The lowest BCUT2D eigenvalue weighted by atomic mass is 9.83. The van der Waals surface area contributed by atoms with Gasteiger partial charge in [-0.3, -0.25) is 4.90 Å². The summed E-state index contributed by atoms with van der Waals surface area (Å²) in [6.45, 7) is 5.35. The number of anilines is 1. The Morgan fingerprint density at radius 2 is 2.00 bits per heavy atom. The molecule has 0 bridgehead atoms. The van der Waals surface area contributed by atoms with Gasteiger partial charge >= 0.3 is 0 Å². The van der Waals surface area contributed by atoms with Crippen molar-refractivity contribution in [3.8, 4) is 0 Å². The summed E-state index contributed by atoms with van der Waals surface area (Å²) in [6.07, 6.45) is 5.20. The molecule has 0 saturated carbocycles. The lowest BCUT2D eigenvalue weighted by Crippen LogP contribution is -2.61. The van der Waals surface area contributed by atoms with E-state index in [9.17, 15) is 0 Å². The molecule has 2 heterocycles. The number of nitrogens with two attached hydrogens (primary N) is 1. The zero-order valence-corrected chi connectivity index (χ0v) is 12.8. The van der Waals surface area contributed by atoms with Crippen LogP contribution < -0.4 is 10.6 Å². The molecule has 2 unspecified atom stereocenters. The van der Waals surface area contributed by atoms with Gasteiger partial charge in [-0.05, 0) is 44.9 Å². The second kappa shape index (κ2) is 5.38. The van der Waals surface area contributed by atoms with Gasteiger partial charge in [0, 0.05) is 31.9 Å². The normalized spacial score (nSPS) is 30.2. The van der Waals surface area contributed by atoms with Crippen molar-refractivity contribution in [3.63, 3.8) is 0 Å². The second-order valence-corrected chi connectivity index (χ2v) is 6.50. The Bertz CT molecular complexity index is 456. The first kappa shape index (κ1) is 13.9. The number of benzene rings is 1. The van der Waals surface area contributed by atoms with Crippen LogP contribution in [0, 0.1) is 6.92 Å². The average molecular weight is 273 g/mol. The Labute approximate surface area is 122 Å². The molecule has 0 aliphatic carbocycles. The molecule has 0 radical (unpaired) electrons. The maximum Gasteiger partial charge on any atom is 0.0687 e. The minimum absolute atomic E-state index is 0.121. The van der Waals surface area contributed by atoms with E-state index in [0.717, 1.165) is 6.54 Å². The summed E-state index contributed by atoms with van der Waals surface area (Å²) in [5.74, 6) is 0. The van der Waals surface area contributed by atoms with E-state index in [-0.39, 0.29) is 5.54 Å². The van der Waals surface area contributed by atoms with Crippen LogP contribution in [0.4, 0.5) is 5.69 Å². The third kappa shape index (κ3) is 2.13. The molecule has 20 heavy (non-hydrogen) atoms. The minimum Gasteiger partial charge on any atom is -0.366 e. The van der Waals surface area contributed by atoms with Crippen LogP contribution in [0.25, 0.3) is 0 Å². The van der Waals surface area contributed by atoms with Crippen molar-refractivity contribution in [2.24, 2.45) is 5.73 Å². The average Bonchev–Trinajstić information content (AvgIpc) is 2.87. The smallest absolute Gasteiger partial charge is 0.0687 e. The van der Waals surface area contributed by atoms with Gasteiger partial charge in [0.1, 0.15) is 0 Å².